The molecule has 0 aliphatic carbocycles. The standard InChI is InChI=1S/C16H21ClFN3/c1-3-8-19-15(14-12(17)6-5-7-13(14)18)16-20-9-11-21(16)10-4-2/h5-7,9,11,15,19H,3-4,8,10H2,1-2H3. The van der Waals surface area contributed by atoms with Crippen LogP contribution in [0.3, 0.4) is 0 Å². The maximum absolute atomic E-state index is 14.3. The predicted octanol–water partition coefficient (Wildman–Crippen LogP) is 4.17. The number of rotatable bonds is 7. The van der Waals surface area contributed by atoms with Crippen LogP contribution in [0.25, 0.3) is 0 Å². The molecule has 0 fully saturated rings. The minimum absolute atomic E-state index is 0.304. The van der Waals surface area contributed by atoms with Crippen molar-refractivity contribution in [3.8, 4) is 0 Å². The van der Waals surface area contributed by atoms with Crippen LogP contribution in [0.1, 0.15) is 44.1 Å². The largest absolute Gasteiger partial charge is 0.333 e. The van der Waals surface area contributed by atoms with Gasteiger partial charge in [-0.25, -0.2) is 9.37 Å². The SMILES string of the molecule is CCCNC(c1c(F)cccc1Cl)c1nccn1CCC. The highest BCUT2D eigenvalue weighted by Crippen LogP contribution is 2.30. The topological polar surface area (TPSA) is 29.9 Å². The van der Waals surface area contributed by atoms with Gasteiger partial charge < -0.3 is 9.88 Å². The van der Waals surface area contributed by atoms with Gasteiger partial charge in [0.2, 0.25) is 0 Å². The fourth-order valence-corrected chi connectivity index (χ4v) is 2.68. The summed E-state index contributed by atoms with van der Waals surface area (Å²) in [5.74, 6) is 0.499. The Kier molecular flexibility index (Phi) is 5.76. The van der Waals surface area contributed by atoms with Crippen LogP contribution in [0.5, 0.6) is 0 Å². The Morgan fingerprint density at radius 2 is 2.14 bits per heavy atom. The van der Waals surface area contributed by atoms with Crippen molar-refractivity contribution in [2.24, 2.45) is 0 Å². The molecule has 0 aliphatic heterocycles. The first-order valence-electron chi connectivity index (χ1n) is 7.37. The minimum Gasteiger partial charge on any atom is -0.333 e. The monoisotopic (exact) mass is 309 g/mol. The Morgan fingerprint density at radius 1 is 1.33 bits per heavy atom. The summed E-state index contributed by atoms with van der Waals surface area (Å²) in [5.41, 5.74) is 0.469. The fraction of sp³-hybridized carbons (Fsp3) is 0.438. The summed E-state index contributed by atoms with van der Waals surface area (Å²) in [6, 6.07) is 4.44. The number of nitrogens with zero attached hydrogens (tertiary/aromatic N) is 2. The second-order valence-electron chi connectivity index (χ2n) is 5.00. The van der Waals surface area contributed by atoms with E-state index in [0.29, 0.717) is 10.6 Å². The van der Waals surface area contributed by atoms with E-state index in [1.165, 1.54) is 6.07 Å². The summed E-state index contributed by atoms with van der Waals surface area (Å²) in [4.78, 5) is 4.42. The molecule has 21 heavy (non-hydrogen) atoms. The zero-order chi connectivity index (χ0) is 15.2. The molecule has 2 aromatic rings. The Bertz CT molecular complexity index is 562. The van der Waals surface area contributed by atoms with Crippen molar-refractivity contribution in [1.29, 1.82) is 0 Å². The molecule has 0 radical (unpaired) electrons. The van der Waals surface area contributed by atoms with Gasteiger partial charge in [-0.15, -0.1) is 0 Å². The van der Waals surface area contributed by atoms with Crippen molar-refractivity contribution in [1.82, 2.24) is 14.9 Å². The lowest BCUT2D eigenvalue weighted by Crippen LogP contribution is -2.27. The molecular weight excluding hydrogens is 289 g/mol. The first kappa shape index (κ1) is 16.0. The van der Waals surface area contributed by atoms with E-state index in [9.17, 15) is 4.39 Å². The predicted molar refractivity (Wildman–Crippen MR) is 84.1 cm³/mol. The Morgan fingerprint density at radius 3 is 2.81 bits per heavy atom. The van der Waals surface area contributed by atoms with Gasteiger partial charge in [0.05, 0.1) is 6.04 Å². The number of nitrogens with one attached hydrogen (secondary N) is 1. The van der Waals surface area contributed by atoms with E-state index in [1.54, 1.807) is 18.3 Å². The molecule has 0 saturated heterocycles. The number of hydrogen-bond acceptors (Lipinski definition) is 2. The second kappa shape index (κ2) is 7.57. The van der Waals surface area contributed by atoms with Crippen molar-refractivity contribution in [2.75, 3.05) is 6.54 Å². The molecule has 1 aromatic heterocycles. The van der Waals surface area contributed by atoms with Crippen molar-refractivity contribution < 1.29 is 4.39 Å². The maximum atomic E-state index is 14.3. The van der Waals surface area contributed by atoms with Crippen LogP contribution < -0.4 is 5.32 Å². The van der Waals surface area contributed by atoms with Crippen LogP contribution in [0.15, 0.2) is 30.6 Å². The van der Waals surface area contributed by atoms with Crippen molar-refractivity contribution >= 4 is 11.6 Å². The molecule has 1 aromatic carbocycles. The van der Waals surface area contributed by atoms with Gasteiger partial charge >= 0.3 is 0 Å². The van der Waals surface area contributed by atoms with Crippen molar-refractivity contribution in [3.63, 3.8) is 0 Å². The van der Waals surface area contributed by atoms with Gasteiger partial charge in [-0.1, -0.05) is 31.5 Å². The summed E-state index contributed by atoms with van der Waals surface area (Å²) in [7, 11) is 0. The Hall–Kier alpha value is -1.39. The van der Waals surface area contributed by atoms with Gasteiger partial charge in [0.15, 0.2) is 0 Å². The van der Waals surface area contributed by atoms with Gasteiger partial charge in [-0.2, -0.15) is 0 Å². The van der Waals surface area contributed by atoms with E-state index in [2.05, 4.69) is 28.7 Å². The molecular formula is C16H21ClFN3. The summed E-state index contributed by atoms with van der Waals surface area (Å²) in [5, 5.41) is 3.79. The lowest BCUT2D eigenvalue weighted by atomic mass is 10.0. The van der Waals surface area contributed by atoms with E-state index in [4.69, 9.17) is 11.6 Å². The Labute approximate surface area is 130 Å². The second-order valence-corrected chi connectivity index (χ2v) is 5.41. The Balaban J connectivity index is 2.45. The van der Waals surface area contributed by atoms with Gasteiger partial charge in [-0.3, -0.25) is 0 Å². The zero-order valence-corrected chi connectivity index (χ0v) is 13.2. The molecule has 1 heterocycles. The van der Waals surface area contributed by atoms with E-state index >= 15 is 0 Å². The van der Waals surface area contributed by atoms with Crippen molar-refractivity contribution in [3.05, 3.63) is 52.8 Å². The lowest BCUT2D eigenvalue weighted by Gasteiger charge is -2.21. The van der Waals surface area contributed by atoms with E-state index in [-0.39, 0.29) is 11.9 Å². The van der Waals surface area contributed by atoms with Gasteiger partial charge in [0.1, 0.15) is 11.6 Å². The molecule has 114 valence electrons. The molecule has 1 N–H and O–H groups in total. The number of aromatic nitrogens is 2. The number of aryl methyl sites for hydroxylation is 1. The third-order valence-electron chi connectivity index (χ3n) is 3.36. The number of imidazole rings is 1. The fourth-order valence-electron chi connectivity index (χ4n) is 2.41. The zero-order valence-electron chi connectivity index (χ0n) is 12.4. The lowest BCUT2D eigenvalue weighted by molar-refractivity contribution is 0.504. The highest BCUT2D eigenvalue weighted by molar-refractivity contribution is 6.31. The van der Waals surface area contributed by atoms with Gasteiger partial charge in [0.25, 0.3) is 0 Å². The van der Waals surface area contributed by atoms with Crippen LogP contribution >= 0.6 is 11.6 Å². The quantitative estimate of drug-likeness (QED) is 0.831. The van der Waals surface area contributed by atoms with Crippen LogP contribution in [-0.4, -0.2) is 16.1 Å². The van der Waals surface area contributed by atoms with E-state index < -0.39 is 0 Å². The molecule has 0 saturated carbocycles. The maximum Gasteiger partial charge on any atom is 0.130 e. The number of hydrogen-bond donors (Lipinski definition) is 1. The first-order chi connectivity index (χ1) is 10.2. The summed E-state index contributed by atoms with van der Waals surface area (Å²) >= 11 is 6.23. The van der Waals surface area contributed by atoms with Crippen LogP contribution in [0.2, 0.25) is 5.02 Å². The molecule has 1 unspecified atom stereocenters. The molecule has 0 spiro atoms. The van der Waals surface area contributed by atoms with Gasteiger partial charge in [-0.05, 0) is 31.5 Å². The molecule has 0 amide bonds. The van der Waals surface area contributed by atoms with Crippen molar-refractivity contribution in [2.45, 2.75) is 39.3 Å². The molecule has 3 nitrogen and oxygen atoms in total. The van der Waals surface area contributed by atoms with Gasteiger partial charge in [0, 0.05) is 29.5 Å². The molecule has 2 rings (SSSR count). The average Bonchev–Trinajstić information content (AvgIpc) is 2.90. The van der Waals surface area contributed by atoms with Crippen LogP contribution in [-0.2, 0) is 6.54 Å². The number of benzene rings is 1. The molecule has 5 heteroatoms. The average molecular weight is 310 g/mol. The molecule has 1 atom stereocenters. The normalized spacial score (nSPS) is 12.6. The highest BCUT2D eigenvalue weighted by atomic mass is 35.5. The third kappa shape index (κ3) is 3.63. The van der Waals surface area contributed by atoms with E-state index in [0.717, 1.165) is 31.8 Å². The summed E-state index contributed by atoms with van der Waals surface area (Å²) in [6.45, 7) is 5.81. The van der Waals surface area contributed by atoms with E-state index in [1.807, 2.05) is 6.20 Å². The first-order valence-corrected chi connectivity index (χ1v) is 7.75. The van der Waals surface area contributed by atoms with Crippen LogP contribution in [0, 0.1) is 5.82 Å². The highest BCUT2D eigenvalue weighted by Gasteiger charge is 2.24. The summed E-state index contributed by atoms with van der Waals surface area (Å²) < 4.78 is 16.3. The minimum atomic E-state index is -0.333. The summed E-state index contributed by atoms with van der Waals surface area (Å²) in [6.07, 6.45) is 5.63. The molecule has 0 bridgehead atoms. The molecule has 0 aliphatic rings. The third-order valence-corrected chi connectivity index (χ3v) is 3.69. The smallest absolute Gasteiger partial charge is 0.130 e. The van der Waals surface area contributed by atoms with Crippen LogP contribution in [0.4, 0.5) is 4.39 Å². The number of halogens is 2.